The van der Waals surface area contributed by atoms with Gasteiger partial charge in [-0.3, -0.25) is 9.78 Å². The van der Waals surface area contributed by atoms with Gasteiger partial charge in [-0.05, 0) is 36.4 Å². The summed E-state index contributed by atoms with van der Waals surface area (Å²) in [5, 5.41) is 14.2. The first-order valence-electron chi connectivity index (χ1n) is 8.31. The number of pyridine rings is 1. The number of nitrogens with zero attached hydrogens (tertiary/aromatic N) is 5. The fourth-order valence-electron chi connectivity index (χ4n) is 2.63. The zero-order valence-electron chi connectivity index (χ0n) is 14.4. The molecule has 2 atom stereocenters. The maximum absolute atomic E-state index is 12.2. The van der Waals surface area contributed by atoms with Gasteiger partial charge in [0.15, 0.2) is 0 Å². The molecule has 1 aliphatic heterocycles. The van der Waals surface area contributed by atoms with Gasteiger partial charge in [-0.1, -0.05) is 0 Å². The lowest BCUT2D eigenvalue weighted by atomic mass is 10.1. The molecule has 0 aromatic carbocycles. The van der Waals surface area contributed by atoms with Gasteiger partial charge in [-0.15, -0.1) is 5.10 Å². The van der Waals surface area contributed by atoms with E-state index in [0.717, 1.165) is 5.69 Å². The summed E-state index contributed by atoms with van der Waals surface area (Å²) in [5.74, 6) is 1.30. The van der Waals surface area contributed by atoms with Gasteiger partial charge in [0.05, 0.1) is 32.0 Å². The number of rotatable bonds is 6. The maximum Gasteiger partial charge on any atom is 0.222 e. The Kier molecular flexibility index (Phi) is 5.54. The molecule has 2 aromatic heterocycles. The SMILES string of the molecule is Cc1ccc(O[C@H]2CCOC[C@H]2NC(=O)CCn2nnnc2C)cn1. The zero-order valence-corrected chi connectivity index (χ0v) is 14.4. The Bertz CT molecular complexity index is 702. The third-order valence-electron chi connectivity index (χ3n) is 4.07. The molecule has 1 fully saturated rings. The molecule has 0 radical (unpaired) electrons. The van der Waals surface area contributed by atoms with E-state index < -0.39 is 0 Å². The predicted octanol–water partition coefficient (Wildman–Crippen LogP) is 0.428. The molecule has 1 N–H and O–H groups in total. The van der Waals surface area contributed by atoms with Crippen molar-refractivity contribution < 1.29 is 14.3 Å². The Morgan fingerprint density at radius 3 is 3.04 bits per heavy atom. The van der Waals surface area contributed by atoms with Crippen LogP contribution in [0.5, 0.6) is 5.75 Å². The van der Waals surface area contributed by atoms with E-state index in [9.17, 15) is 4.79 Å². The van der Waals surface area contributed by atoms with Crippen molar-refractivity contribution in [3.63, 3.8) is 0 Å². The third kappa shape index (κ3) is 4.72. The molecule has 1 saturated heterocycles. The fourth-order valence-corrected chi connectivity index (χ4v) is 2.63. The highest BCUT2D eigenvalue weighted by molar-refractivity contribution is 5.76. The molecule has 3 rings (SSSR count). The van der Waals surface area contributed by atoms with Crippen molar-refractivity contribution in [3.8, 4) is 5.75 Å². The molecule has 1 aliphatic rings. The van der Waals surface area contributed by atoms with Crippen LogP contribution in [-0.2, 0) is 16.1 Å². The van der Waals surface area contributed by atoms with E-state index in [1.54, 1.807) is 17.8 Å². The Morgan fingerprint density at radius 2 is 2.32 bits per heavy atom. The number of hydrogen-bond acceptors (Lipinski definition) is 7. The minimum atomic E-state index is -0.197. The van der Waals surface area contributed by atoms with Crippen molar-refractivity contribution >= 4 is 5.91 Å². The normalized spacial score (nSPS) is 20.2. The molecule has 2 aromatic rings. The van der Waals surface area contributed by atoms with Crippen LogP contribution in [0.25, 0.3) is 0 Å². The molecular weight excluding hydrogens is 324 g/mol. The highest BCUT2D eigenvalue weighted by Gasteiger charge is 2.29. The number of ether oxygens (including phenoxy) is 2. The molecular formula is C16H22N6O3. The average molecular weight is 346 g/mol. The van der Waals surface area contributed by atoms with E-state index in [1.807, 2.05) is 19.1 Å². The number of carbonyl (C=O) groups excluding carboxylic acids is 1. The quantitative estimate of drug-likeness (QED) is 0.808. The second-order valence-electron chi connectivity index (χ2n) is 6.03. The molecule has 0 bridgehead atoms. The van der Waals surface area contributed by atoms with Crippen molar-refractivity contribution in [2.45, 2.75) is 45.4 Å². The van der Waals surface area contributed by atoms with Gasteiger partial charge in [0.1, 0.15) is 17.7 Å². The molecule has 0 spiro atoms. The van der Waals surface area contributed by atoms with Crippen molar-refractivity contribution in [2.24, 2.45) is 0 Å². The van der Waals surface area contributed by atoms with Gasteiger partial charge in [0.2, 0.25) is 5.91 Å². The van der Waals surface area contributed by atoms with Crippen LogP contribution in [0.4, 0.5) is 0 Å². The monoisotopic (exact) mass is 346 g/mol. The first-order valence-corrected chi connectivity index (χ1v) is 8.31. The summed E-state index contributed by atoms with van der Waals surface area (Å²) in [4.78, 5) is 16.5. The highest BCUT2D eigenvalue weighted by Crippen LogP contribution is 2.18. The van der Waals surface area contributed by atoms with E-state index >= 15 is 0 Å². The second kappa shape index (κ2) is 8.02. The standard InChI is InChI=1S/C16H22N6O3/c1-11-3-4-13(9-17-11)25-15-6-8-24-10-14(15)18-16(23)5-7-22-12(2)19-20-21-22/h3-4,9,14-15H,5-8,10H2,1-2H3,(H,18,23)/t14-,15+/m1/s1. The molecule has 9 heteroatoms. The van der Waals surface area contributed by atoms with Crippen LogP contribution in [0.3, 0.4) is 0 Å². The third-order valence-corrected chi connectivity index (χ3v) is 4.07. The molecule has 3 heterocycles. The lowest BCUT2D eigenvalue weighted by Crippen LogP contribution is -2.52. The molecule has 1 amide bonds. The van der Waals surface area contributed by atoms with Gasteiger partial charge in [0, 0.05) is 18.5 Å². The summed E-state index contributed by atoms with van der Waals surface area (Å²) >= 11 is 0. The summed E-state index contributed by atoms with van der Waals surface area (Å²) in [6.45, 7) is 5.20. The molecule has 0 aliphatic carbocycles. The van der Waals surface area contributed by atoms with Crippen LogP contribution in [0.1, 0.15) is 24.4 Å². The topological polar surface area (TPSA) is 104 Å². The summed E-state index contributed by atoms with van der Waals surface area (Å²) in [6, 6.07) is 3.59. The molecule has 0 unspecified atom stereocenters. The summed E-state index contributed by atoms with van der Waals surface area (Å²) < 4.78 is 13.1. The van der Waals surface area contributed by atoms with Crippen LogP contribution < -0.4 is 10.1 Å². The number of amides is 1. The number of nitrogens with one attached hydrogen (secondary N) is 1. The van der Waals surface area contributed by atoms with E-state index in [0.29, 0.717) is 44.2 Å². The number of aryl methyl sites for hydroxylation is 3. The maximum atomic E-state index is 12.2. The lowest BCUT2D eigenvalue weighted by molar-refractivity contribution is -0.124. The van der Waals surface area contributed by atoms with Crippen LogP contribution in [0.15, 0.2) is 18.3 Å². The zero-order chi connectivity index (χ0) is 17.6. The molecule has 25 heavy (non-hydrogen) atoms. The van der Waals surface area contributed by atoms with Crippen molar-refractivity contribution in [1.82, 2.24) is 30.5 Å². The number of tetrazole rings is 1. The van der Waals surface area contributed by atoms with Crippen molar-refractivity contribution in [1.29, 1.82) is 0 Å². The van der Waals surface area contributed by atoms with E-state index in [4.69, 9.17) is 9.47 Å². The minimum absolute atomic E-state index is 0.0824. The van der Waals surface area contributed by atoms with E-state index in [2.05, 4.69) is 25.8 Å². The molecule has 134 valence electrons. The van der Waals surface area contributed by atoms with Crippen LogP contribution in [0, 0.1) is 13.8 Å². The minimum Gasteiger partial charge on any atom is -0.486 e. The molecule has 0 saturated carbocycles. The molecule has 9 nitrogen and oxygen atoms in total. The van der Waals surface area contributed by atoms with Gasteiger partial charge < -0.3 is 14.8 Å². The Labute approximate surface area is 145 Å². The summed E-state index contributed by atoms with van der Waals surface area (Å²) in [5.41, 5.74) is 0.932. The average Bonchev–Trinajstić information content (AvgIpc) is 3.02. The largest absolute Gasteiger partial charge is 0.486 e. The smallest absolute Gasteiger partial charge is 0.222 e. The van der Waals surface area contributed by atoms with E-state index in [1.165, 1.54) is 0 Å². The van der Waals surface area contributed by atoms with Gasteiger partial charge >= 0.3 is 0 Å². The number of carbonyl (C=O) groups is 1. The number of hydrogen-bond donors (Lipinski definition) is 1. The van der Waals surface area contributed by atoms with Gasteiger partial charge in [-0.25, -0.2) is 4.68 Å². The Balaban J connectivity index is 1.54. The summed E-state index contributed by atoms with van der Waals surface area (Å²) in [6.07, 6.45) is 2.56. The predicted molar refractivity (Wildman–Crippen MR) is 87.9 cm³/mol. The fraction of sp³-hybridized carbons (Fsp3) is 0.562. The van der Waals surface area contributed by atoms with E-state index in [-0.39, 0.29) is 18.1 Å². The van der Waals surface area contributed by atoms with Crippen LogP contribution in [-0.4, -0.2) is 56.5 Å². The Morgan fingerprint density at radius 1 is 1.44 bits per heavy atom. The van der Waals surface area contributed by atoms with Crippen LogP contribution in [0.2, 0.25) is 0 Å². The van der Waals surface area contributed by atoms with Gasteiger partial charge in [-0.2, -0.15) is 0 Å². The van der Waals surface area contributed by atoms with Gasteiger partial charge in [0.25, 0.3) is 0 Å². The lowest BCUT2D eigenvalue weighted by Gasteiger charge is -2.32. The first kappa shape index (κ1) is 17.3. The highest BCUT2D eigenvalue weighted by atomic mass is 16.5. The summed E-state index contributed by atoms with van der Waals surface area (Å²) in [7, 11) is 0. The Hall–Kier alpha value is -2.55. The van der Waals surface area contributed by atoms with Crippen molar-refractivity contribution in [2.75, 3.05) is 13.2 Å². The number of aromatic nitrogens is 5. The second-order valence-corrected chi connectivity index (χ2v) is 6.03. The van der Waals surface area contributed by atoms with Crippen molar-refractivity contribution in [3.05, 3.63) is 29.8 Å². The van der Waals surface area contributed by atoms with Crippen LogP contribution >= 0.6 is 0 Å². The first-order chi connectivity index (χ1) is 12.1.